The van der Waals surface area contributed by atoms with E-state index in [-0.39, 0.29) is 12.5 Å². The van der Waals surface area contributed by atoms with E-state index in [9.17, 15) is 4.79 Å². The van der Waals surface area contributed by atoms with Crippen LogP contribution in [-0.4, -0.2) is 18.7 Å². The molecule has 0 aromatic heterocycles. The van der Waals surface area contributed by atoms with Crippen molar-refractivity contribution in [3.8, 4) is 5.75 Å². The standard InChI is InChI=1S/C17H17BrN2O2/c1-12-4-3-5-16(13(12)2)22-11-17(21)20-19-10-14-6-8-15(18)9-7-14/h3-10H,11H2,1-2H3,(H,20,21). The normalized spacial score (nSPS) is 10.7. The number of hydrogen-bond acceptors (Lipinski definition) is 3. The van der Waals surface area contributed by atoms with Crippen LogP contribution in [0.4, 0.5) is 0 Å². The van der Waals surface area contributed by atoms with E-state index in [0.717, 1.165) is 21.2 Å². The van der Waals surface area contributed by atoms with E-state index in [2.05, 4.69) is 26.5 Å². The van der Waals surface area contributed by atoms with Gasteiger partial charge < -0.3 is 4.74 Å². The van der Waals surface area contributed by atoms with Crippen molar-refractivity contribution in [3.05, 3.63) is 63.6 Å². The Kier molecular flexibility index (Phi) is 5.72. The second kappa shape index (κ2) is 7.75. The molecule has 114 valence electrons. The Morgan fingerprint density at radius 3 is 2.68 bits per heavy atom. The van der Waals surface area contributed by atoms with Crippen LogP contribution in [0.25, 0.3) is 0 Å². The fraction of sp³-hybridized carbons (Fsp3) is 0.176. The summed E-state index contributed by atoms with van der Waals surface area (Å²) in [6, 6.07) is 13.4. The summed E-state index contributed by atoms with van der Waals surface area (Å²) in [5, 5.41) is 3.90. The highest BCUT2D eigenvalue weighted by atomic mass is 79.9. The van der Waals surface area contributed by atoms with Crippen molar-refractivity contribution in [1.82, 2.24) is 5.43 Å². The third-order valence-electron chi connectivity index (χ3n) is 3.19. The maximum atomic E-state index is 11.7. The highest BCUT2D eigenvalue weighted by Gasteiger charge is 2.05. The Balaban J connectivity index is 1.83. The number of carbonyl (C=O) groups excluding carboxylic acids is 1. The second-order valence-corrected chi connectivity index (χ2v) is 5.75. The molecule has 0 saturated carbocycles. The number of aryl methyl sites for hydroxylation is 1. The van der Waals surface area contributed by atoms with Gasteiger partial charge >= 0.3 is 0 Å². The summed E-state index contributed by atoms with van der Waals surface area (Å²) in [7, 11) is 0. The van der Waals surface area contributed by atoms with Crippen LogP contribution in [0.1, 0.15) is 16.7 Å². The number of ether oxygens (including phenoxy) is 1. The maximum Gasteiger partial charge on any atom is 0.277 e. The molecule has 1 amide bonds. The molecule has 22 heavy (non-hydrogen) atoms. The van der Waals surface area contributed by atoms with Gasteiger partial charge in [-0.05, 0) is 48.7 Å². The van der Waals surface area contributed by atoms with E-state index in [1.165, 1.54) is 0 Å². The number of benzene rings is 2. The average Bonchev–Trinajstić information content (AvgIpc) is 2.51. The number of hydrogen-bond donors (Lipinski definition) is 1. The summed E-state index contributed by atoms with van der Waals surface area (Å²) < 4.78 is 6.50. The van der Waals surface area contributed by atoms with Gasteiger partial charge in [0.1, 0.15) is 5.75 Å². The van der Waals surface area contributed by atoms with Crippen molar-refractivity contribution in [1.29, 1.82) is 0 Å². The van der Waals surface area contributed by atoms with Crippen LogP contribution < -0.4 is 10.2 Å². The highest BCUT2D eigenvalue weighted by molar-refractivity contribution is 9.10. The third kappa shape index (κ3) is 4.70. The zero-order valence-electron chi connectivity index (χ0n) is 12.5. The first-order valence-electron chi connectivity index (χ1n) is 6.83. The summed E-state index contributed by atoms with van der Waals surface area (Å²) in [4.78, 5) is 11.7. The lowest BCUT2D eigenvalue weighted by molar-refractivity contribution is -0.123. The molecule has 0 aliphatic rings. The summed E-state index contributed by atoms with van der Waals surface area (Å²) in [6.45, 7) is 3.90. The van der Waals surface area contributed by atoms with Gasteiger partial charge in [-0.1, -0.05) is 40.2 Å². The lowest BCUT2D eigenvalue weighted by Gasteiger charge is -2.09. The van der Waals surface area contributed by atoms with Gasteiger partial charge in [0, 0.05) is 4.47 Å². The molecule has 0 unspecified atom stereocenters. The zero-order chi connectivity index (χ0) is 15.9. The average molecular weight is 361 g/mol. The number of hydrazone groups is 1. The zero-order valence-corrected chi connectivity index (χ0v) is 14.1. The summed E-state index contributed by atoms with van der Waals surface area (Å²) in [5.74, 6) is 0.418. The van der Waals surface area contributed by atoms with Crippen LogP contribution in [-0.2, 0) is 4.79 Å². The van der Waals surface area contributed by atoms with Crippen molar-refractivity contribution >= 4 is 28.1 Å². The van der Waals surface area contributed by atoms with Gasteiger partial charge in [0.2, 0.25) is 0 Å². The van der Waals surface area contributed by atoms with Gasteiger partial charge in [0.15, 0.2) is 6.61 Å². The van der Waals surface area contributed by atoms with Crippen molar-refractivity contribution in [3.63, 3.8) is 0 Å². The van der Waals surface area contributed by atoms with Crippen molar-refractivity contribution in [2.24, 2.45) is 5.10 Å². The molecular weight excluding hydrogens is 344 g/mol. The van der Waals surface area contributed by atoms with E-state index in [1.807, 2.05) is 56.3 Å². The molecule has 0 bridgehead atoms. The van der Waals surface area contributed by atoms with Crippen LogP contribution in [0.3, 0.4) is 0 Å². The molecule has 0 spiro atoms. The van der Waals surface area contributed by atoms with E-state index >= 15 is 0 Å². The molecule has 0 aliphatic carbocycles. The molecule has 0 aliphatic heterocycles. The quantitative estimate of drug-likeness (QED) is 0.654. The van der Waals surface area contributed by atoms with E-state index in [1.54, 1.807) is 6.21 Å². The summed E-state index contributed by atoms with van der Waals surface area (Å²) in [5.41, 5.74) is 5.51. The van der Waals surface area contributed by atoms with E-state index in [0.29, 0.717) is 5.75 Å². The predicted molar refractivity (Wildman–Crippen MR) is 91.3 cm³/mol. The van der Waals surface area contributed by atoms with Gasteiger partial charge in [-0.2, -0.15) is 5.10 Å². The van der Waals surface area contributed by atoms with Crippen molar-refractivity contribution in [2.45, 2.75) is 13.8 Å². The Morgan fingerprint density at radius 1 is 1.23 bits per heavy atom. The Labute approximate surface area is 138 Å². The molecule has 1 N–H and O–H groups in total. The number of carbonyl (C=O) groups is 1. The van der Waals surface area contributed by atoms with Crippen molar-refractivity contribution < 1.29 is 9.53 Å². The van der Waals surface area contributed by atoms with Crippen LogP contribution in [0, 0.1) is 13.8 Å². The molecule has 0 heterocycles. The number of nitrogens with zero attached hydrogens (tertiary/aromatic N) is 1. The first-order valence-corrected chi connectivity index (χ1v) is 7.62. The third-order valence-corrected chi connectivity index (χ3v) is 3.72. The fourth-order valence-corrected chi connectivity index (χ4v) is 2.05. The van der Waals surface area contributed by atoms with Gasteiger partial charge in [-0.3, -0.25) is 4.79 Å². The van der Waals surface area contributed by atoms with Crippen LogP contribution in [0.2, 0.25) is 0 Å². The van der Waals surface area contributed by atoms with Gasteiger partial charge in [0.25, 0.3) is 5.91 Å². The van der Waals surface area contributed by atoms with Crippen LogP contribution in [0.5, 0.6) is 5.75 Å². The fourth-order valence-electron chi connectivity index (χ4n) is 1.78. The van der Waals surface area contributed by atoms with E-state index < -0.39 is 0 Å². The topological polar surface area (TPSA) is 50.7 Å². The number of nitrogens with one attached hydrogen (secondary N) is 1. The molecular formula is C17H17BrN2O2. The number of halogens is 1. The lowest BCUT2D eigenvalue weighted by Crippen LogP contribution is -2.24. The molecule has 0 fully saturated rings. The molecule has 0 atom stereocenters. The van der Waals surface area contributed by atoms with E-state index in [4.69, 9.17) is 4.74 Å². The Hall–Kier alpha value is -2.14. The molecule has 4 nitrogen and oxygen atoms in total. The highest BCUT2D eigenvalue weighted by Crippen LogP contribution is 2.20. The first-order chi connectivity index (χ1) is 10.6. The Morgan fingerprint density at radius 2 is 1.95 bits per heavy atom. The molecule has 0 radical (unpaired) electrons. The van der Waals surface area contributed by atoms with Crippen molar-refractivity contribution in [2.75, 3.05) is 6.61 Å². The smallest absolute Gasteiger partial charge is 0.277 e. The monoisotopic (exact) mass is 360 g/mol. The largest absolute Gasteiger partial charge is 0.483 e. The van der Waals surface area contributed by atoms with Gasteiger partial charge in [-0.15, -0.1) is 0 Å². The maximum absolute atomic E-state index is 11.7. The summed E-state index contributed by atoms with van der Waals surface area (Å²) in [6.07, 6.45) is 1.59. The molecule has 5 heteroatoms. The first kappa shape index (κ1) is 16.2. The van der Waals surface area contributed by atoms with Crippen LogP contribution >= 0.6 is 15.9 Å². The minimum absolute atomic E-state index is 0.0675. The molecule has 0 saturated heterocycles. The Bertz CT molecular complexity index is 682. The minimum Gasteiger partial charge on any atom is -0.483 e. The second-order valence-electron chi connectivity index (χ2n) is 4.83. The number of rotatable bonds is 5. The molecule has 2 aromatic carbocycles. The predicted octanol–water partition coefficient (Wildman–Crippen LogP) is 3.60. The number of amides is 1. The van der Waals surface area contributed by atoms with Gasteiger partial charge in [0.05, 0.1) is 6.21 Å². The van der Waals surface area contributed by atoms with Crippen LogP contribution in [0.15, 0.2) is 52.0 Å². The molecule has 2 aromatic rings. The van der Waals surface area contributed by atoms with Gasteiger partial charge in [-0.25, -0.2) is 5.43 Å². The summed E-state index contributed by atoms with van der Waals surface area (Å²) >= 11 is 3.36. The SMILES string of the molecule is Cc1cccc(OCC(=O)NN=Cc2ccc(Br)cc2)c1C. The lowest BCUT2D eigenvalue weighted by atomic mass is 10.1. The molecule has 2 rings (SSSR count). The minimum atomic E-state index is -0.297.